The first-order chi connectivity index (χ1) is 10.2. The van der Waals surface area contributed by atoms with Crippen molar-refractivity contribution in [3.63, 3.8) is 0 Å². The summed E-state index contributed by atoms with van der Waals surface area (Å²) in [7, 11) is 0. The van der Waals surface area contributed by atoms with E-state index in [1.807, 2.05) is 17.5 Å². The molecule has 0 aliphatic rings. The van der Waals surface area contributed by atoms with E-state index in [9.17, 15) is 4.39 Å². The molecule has 0 spiro atoms. The fourth-order valence-corrected chi connectivity index (χ4v) is 3.88. The molecule has 0 atom stereocenters. The molecule has 0 saturated heterocycles. The summed E-state index contributed by atoms with van der Waals surface area (Å²) in [5.41, 5.74) is 0.298. The Hall–Kier alpha value is -1.83. The van der Waals surface area contributed by atoms with Crippen molar-refractivity contribution in [3.8, 4) is 21.3 Å². The van der Waals surface area contributed by atoms with E-state index in [1.54, 1.807) is 28.0 Å². The Morgan fingerprint density at radius 2 is 2.05 bits per heavy atom. The van der Waals surface area contributed by atoms with Crippen LogP contribution in [0.5, 0.6) is 0 Å². The van der Waals surface area contributed by atoms with Crippen LogP contribution < -0.4 is 0 Å². The standard InChI is InChI=1S/C13H6ClFN4S2/c14-7-3-1-4-8(15)10(7)12-18-19-11(9-5-2-6-20-9)16-17-13(19)21-12/h1-6H. The number of thiophene rings is 1. The van der Waals surface area contributed by atoms with Gasteiger partial charge in [-0.3, -0.25) is 0 Å². The maximum Gasteiger partial charge on any atom is 0.235 e. The fraction of sp³-hybridized carbons (Fsp3) is 0. The van der Waals surface area contributed by atoms with Crippen molar-refractivity contribution in [2.75, 3.05) is 0 Å². The Bertz CT molecular complexity index is 909. The zero-order chi connectivity index (χ0) is 14.4. The van der Waals surface area contributed by atoms with Crippen LogP contribution in [0.3, 0.4) is 0 Å². The fourth-order valence-electron chi connectivity index (χ4n) is 1.98. The predicted molar refractivity (Wildman–Crippen MR) is 82.4 cm³/mol. The molecule has 3 aromatic heterocycles. The Morgan fingerprint density at radius 1 is 1.14 bits per heavy atom. The number of fused-ring (bicyclic) bond motifs is 1. The lowest BCUT2D eigenvalue weighted by atomic mass is 10.2. The van der Waals surface area contributed by atoms with E-state index in [4.69, 9.17) is 11.6 Å². The average molecular weight is 337 g/mol. The van der Waals surface area contributed by atoms with Gasteiger partial charge in [0.1, 0.15) is 5.82 Å². The Labute approximate surface area is 131 Å². The van der Waals surface area contributed by atoms with Crippen LogP contribution in [0.4, 0.5) is 4.39 Å². The highest BCUT2D eigenvalue weighted by atomic mass is 35.5. The van der Waals surface area contributed by atoms with Crippen molar-refractivity contribution < 1.29 is 4.39 Å². The molecule has 4 rings (SSSR count). The highest BCUT2D eigenvalue weighted by Gasteiger charge is 2.18. The van der Waals surface area contributed by atoms with Crippen LogP contribution in [0, 0.1) is 5.82 Å². The first-order valence-corrected chi connectivity index (χ1v) is 8.02. The summed E-state index contributed by atoms with van der Waals surface area (Å²) in [4.78, 5) is 1.56. The maximum atomic E-state index is 14.0. The van der Waals surface area contributed by atoms with Gasteiger partial charge in [-0.15, -0.1) is 21.5 Å². The van der Waals surface area contributed by atoms with E-state index < -0.39 is 5.82 Å². The van der Waals surface area contributed by atoms with Gasteiger partial charge in [-0.05, 0) is 23.6 Å². The summed E-state index contributed by atoms with van der Waals surface area (Å²) in [6.07, 6.45) is 0. The van der Waals surface area contributed by atoms with Gasteiger partial charge >= 0.3 is 0 Å². The van der Waals surface area contributed by atoms with Gasteiger partial charge in [-0.2, -0.15) is 9.61 Å². The number of halogens is 2. The molecular weight excluding hydrogens is 331 g/mol. The molecular formula is C13H6ClFN4S2. The van der Waals surface area contributed by atoms with Gasteiger partial charge in [-0.1, -0.05) is 35.1 Å². The lowest BCUT2D eigenvalue weighted by molar-refractivity contribution is 0.631. The van der Waals surface area contributed by atoms with Gasteiger partial charge in [0, 0.05) is 0 Å². The van der Waals surface area contributed by atoms with Gasteiger partial charge in [0.2, 0.25) is 4.96 Å². The van der Waals surface area contributed by atoms with E-state index in [1.165, 1.54) is 17.4 Å². The second-order valence-electron chi connectivity index (χ2n) is 4.20. The summed E-state index contributed by atoms with van der Waals surface area (Å²) in [5, 5.41) is 15.4. The summed E-state index contributed by atoms with van der Waals surface area (Å²) >= 11 is 8.88. The molecule has 0 radical (unpaired) electrons. The smallest absolute Gasteiger partial charge is 0.206 e. The van der Waals surface area contributed by atoms with Crippen molar-refractivity contribution in [3.05, 3.63) is 46.6 Å². The van der Waals surface area contributed by atoms with E-state index in [-0.39, 0.29) is 0 Å². The van der Waals surface area contributed by atoms with Crippen molar-refractivity contribution >= 4 is 39.2 Å². The first-order valence-electron chi connectivity index (χ1n) is 5.94. The molecule has 0 aliphatic carbocycles. The molecule has 21 heavy (non-hydrogen) atoms. The largest absolute Gasteiger partial charge is 0.235 e. The quantitative estimate of drug-likeness (QED) is 0.546. The van der Waals surface area contributed by atoms with Crippen LogP contribution >= 0.6 is 34.3 Å². The highest BCUT2D eigenvalue weighted by molar-refractivity contribution is 7.20. The summed E-state index contributed by atoms with van der Waals surface area (Å²) < 4.78 is 15.6. The number of benzene rings is 1. The minimum absolute atomic E-state index is 0.298. The number of nitrogens with zero attached hydrogens (tertiary/aromatic N) is 4. The molecule has 104 valence electrons. The zero-order valence-corrected chi connectivity index (χ0v) is 12.7. The summed E-state index contributed by atoms with van der Waals surface area (Å²) in [6.45, 7) is 0. The van der Waals surface area contributed by atoms with Crippen LogP contribution in [0.15, 0.2) is 35.7 Å². The van der Waals surface area contributed by atoms with E-state index in [0.29, 0.717) is 26.4 Å². The molecule has 8 heteroatoms. The van der Waals surface area contributed by atoms with Crippen LogP contribution in [-0.2, 0) is 0 Å². The molecule has 4 nitrogen and oxygen atoms in total. The summed E-state index contributed by atoms with van der Waals surface area (Å²) in [5.74, 6) is 0.250. The monoisotopic (exact) mass is 336 g/mol. The Morgan fingerprint density at radius 3 is 2.81 bits per heavy atom. The predicted octanol–water partition coefficient (Wildman–Crippen LogP) is 4.37. The summed E-state index contributed by atoms with van der Waals surface area (Å²) in [6, 6.07) is 8.45. The van der Waals surface area contributed by atoms with E-state index in [0.717, 1.165) is 4.88 Å². The molecule has 3 heterocycles. The third-order valence-electron chi connectivity index (χ3n) is 2.91. The van der Waals surface area contributed by atoms with Crippen LogP contribution in [0.2, 0.25) is 5.02 Å². The number of hydrogen-bond acceptors (Lipinski definition) is 5. The van der Waals surface area contributed by atoms with Gasteiger partial charge in [0.25, 0.3) is 0 Å². The number of aromatic nitrogens is 4. The van der Waals surface area contributed by atoms with Gasteiger partial charge in [0.15, 0.2) is 10.8 Å². The minimum Gasteiger partial charge on any atom is -0.206 e. The molecule has 0 amide bonds. The zero-order valence-electron chi connectivity index (χ0n) is 10.3. The van der Waals surface area contributed by atoms with Crippen LogP contribution in [0.25, 0.3) is 26.2 Å². The normalized spacial score (nSPS) is 11.3. The second kappa shape index (κ2) is 4.87. The van der Waals surface area contributed by atoms with Gasteiger partial charge in [-0.25, -0.2) is 4.39 Å². The molecule has 0 aliphatic heterocycles. The molecule has 1 aromatic carbocycles. The SMILES string of the molecule is Fc1cccc(Cl)c1-c1nn2c(-c3cccs3)nnc2s1. The third kappa shape index (κ3) is 2.05. The molecule has 0 fully saturated rings. The van der Waals surface area contributed by atoms with E-state index >= 15 is 0 Å². The van der Waals surface area contributed by atoms with Crippen molar-refractivity contribution in [1.29, 1.82) is 0 Å². The van der Waals surface area contributed by atoms with Gasteiger partial charge in [0.05, 0.1) is 15.5 Å². The Balaban J connectivity index is 1.93. The average Bonchev–Trinajstić information content (AvgIpc) is 3.13. The lowest BCUT2D eigenvalue weighted by Crippen LogP contribution is -1.91. The third-order valence-corrected chi connectivity index (χ3v) is 5.01. The molecule has 0 bridgehead atoms. The molecule has 0 unspecified atom stereocenters. The van der Waals surface area contributed by atoms with Crippen molar-refractivity contribution in [1.82, 2.24) is 19.8 Å². The minimum atomic E-state index is -0.398. The molecule has 4 aromatic rings. The molecule has 0 saturated carbocycles. The maximum absolute atomic E-state index is 14.0. The molecule has 0 N–H and O–H groups in total. The second-order valence-corrected chi connectivity index (χ2v) is 6.51. The lowest BCUT2D eigenvalue weighted by Gasteiger charge is -2.00. The van der Waals surface area contributed by atoms with Gasteiger partial charge < -0.3 is 0 Å². The first kappa shape index (κ1) is 12.9. The van der Waals surface area contributed by atoms with Crippen molar-refractivity contribution in [2.24, 2.45) is 0 Å². The highest BCUT2D eigenvalue weighted by Crippen LogP contribution is 2.34. The Kier molecular flexibility index (Phi) is 2.99. The topological polar surface area (TPSA) is 43.1 Å². The number of rotatable bonds is 2. The number of hydrogen-bond donors (Lipinski definition) is 0. The van der Waals surface area contributed by atoms with Crippen LogP contribution in [0.1, 0.15) is 0 Å². The van der Waals surface area contributed by atoms with Crippen LogP contribution in [-0.4, -0.2) is 19.8 Å². The van der Waals surface area contributed by atoms with Crippen molar-refractivity contribution in [2.45, 2.75) is 0 Å². The van der Waals surface area contributed by atoms with E-state index in [2.05, 4.69) is 15.3 Å².